The first-order chi connectivity index (χ1) is 6.16. The van der Waals surface area contributed by atoms with Crippen molar-refractivity contribution in [2.45, 2.75) is 19.8 Å². The Morgan fingerprint density at radius 3 is 2.85 bits per heavy atom. The molecule has 0 aliphatic heterocycles. The van der Waals surface area contributed by atoms with Gasteiger partial charge in [0.1, 0.15) is 5.15 Å². The lowest BCUT2D eigenvalue weighted by Gasteiger charge is -1.94. The summed E-state index contributed by atoms with van der Waals surface area (Å²) in [4.78, 5) is 8.36. The van der Waals surface area contributed by atoms with E-state index in [1.165, 1.54) is 0 Å². The zero-order valence-electron chi connectivity index (χ0n) is 7.53. The molecule has 0 amide bonds. The van der Waals surface area contributed by atoms with Crippen LogP contribution in [0.3, 0.4) is 0 Å². The molecule has 0 aromatic carbocycles. The molecule has 0 atom stereocenters. The average Bonchev–Trinajstić information content (AvgIpc) is 2.46. The van der Waals surface area contributed by atoms with Gasteiger partial charge in [-0.1, -0.05) is 25.4 Å². The maximum atomic E-state index is 5.75. The molecule has 0 saturated heterocycles. The minimum absolute atomic E-state index is 0.429. The average molecular weight is 196 g/mol. The Labute approximate surface area is 81.4 Å². The Balaban J connectivity index is 2.62. The highest BCUT2D eigenvalue weighted by Gasteiger charge is 2.05. The maximum absolute atomic E-state index is 5.75. The number of hydrogen-bond donors (Lipinski definition) is 0. The van der Waals surface area contributed by atoms with Crippen LogP contribution in [0.4, 0.5) is 0 Å². The van der Waals surface area contributed by atoms with Gasteiger partial charge in [0, 0.05) is 12.4 Å². The Hall–Kier alpha value is -1.09. The number of nitrogens with zero attached hydrogens (tertiary/aromatic N) is 3. The van der Waals surface area contributed by atoms with E-state index in [0.29, 0.717) is 11.1 Å². The summed E-state index contributed by atoms with van der Waals surface area (Å²) in [6, 6.07) is 0. The standard InChI is InChI=1S/C9H10ClN3/c1-6(2)7-4-13-5-8(10)11-3-9(13)12-7/h3-6H,1-2H3. The van der Waals surface area contributed by atoms with Crippen LogP contribution in [0.2, 0.25) is 5.15 Å². The summed E-state index contributed by atoms with van der Waals surface area (Å²) in [7, 11) is 0. The van der Waals surface area contributed by atoms with E-state index in [1.54, 1.807) is 12.4 Å². The van der Waals surface area contributed by atoms with E-state index >= 15 is 0 Å². The van der Waals surface area contributed by atoms with E-state index in [-0.39, 0.29) is 0 Å². The van der Waals surface area contributed by atoms with Crippen molar-refractivity contribution in [3.63, 3.8) is 0 Å². The molecule has 2 aromatic rings. The molecule has 0 bridgehead atoms. The van der Waals surface area contributed by atoms with E-state index in [4.69, 9.17) is 11.6 Å². The second-order valence-electron chi connectivity index (χ2n) is 3.30. The molecule has 0 aliphatic carbocycles. The lowest BCUT2D eigenvalue weighted by molar-refractivity contribution is 0.834. The molecule has 3 nitrogen and oxygen atoms in total. The van der Waals surface area contributed by atoms with Crippen molar-refractivity contribution < 1.29 is 0 Å². The molecule has 2 aromatic heterocycles. The summed E-state index contributed by atoms with van der Waals surface area (Å²) in [6.07, 6.45) is 5.41. The topological polar surface area (TPSA) is 30.2 Å². The summed E-state index contributed by atoms with van der Waals surface area (Å²) in [5, 5.41) is 0.486. The first-order valence-electron chi connectivity index (χ1n) is 4.17. The highest BCUT2D eigenvalue weighted by atomic mass is 35.5. The summed E-state index contributed by atoms with van der Waals surface area (Å²) in [5.74, 6) is 0.429. The minimum Gasteiger partial charge on any atom is -0.302 e. The van der Waals surface area contributed by atoms with Crippen molar-refractivity contribution >= 4 is 17.2 Å². The van der Waals surface area contributed by atoms with Crippen LogP contribution in [0, 0.1) is 0 Å². The van der Waals surface area contributed by atoms with Crippen molar-refractivity contribution in [1.82, 2.24) is 14.4 Å². The summed E-state index contributed by atoms with van der Waals surface area (Å²) < 4.78 is 1.89. The quantitative estimate of drug-likeness (QED) is 0.700. The monoisotopic (exact) mass is 195 g/mol. The van der Waals surface area contributed by atoms with E-state index in [2.05, 4.69) is 23.8 Å². The first kappa shape index (κ1) is 8.51. The Morgan fingerprint density at radius 2 is 2.15 bits per heavy atom. The predicted octanol–water partition coefficient (Wildman–Crippen LogP) is 2.51. The molecule has 0 fully saturated rings. The van der Waals surface area contributed by atoms with E-state index < -0.39 is 0 Å². The summed E-state index contributed by atoms with van der Waals surface area (Å²) >= 11 is 5.75. The molecule has 4 heteroatoms. The molecule has 0 aliphatic rings. The van der Waals surface area contributed by atoms with Gasteiger partial charge in [-0.2, -0.15) is 0 Å². The van der Waals surface area contributed by atoms with Crippen molar-refractivity contribution in [3.8, 4) is 0 Å². The zero-order valence-corrected chi connectivity index (χ0v) is 8.28. The van der Waals surface area contributed by atoms with Crippen molar-refractivity contribution in [3.05, 3.63) is 29.4 Å². The third-order valence-corrected chi connectivity index (χ3v) is 2.12. The van der Waals surface area contributed by atoms with Crippen LogP contribution in [0.5, 0.6) is 0 Å². The third kappa shape index (κ3) is 1.52. The molecular weight excluding hydrogens is 186 g/mol. The van der Waals surface area contributed by atoms with Crippen molar-refractivity contribution in [2.75, 3.05) is 0 Å². The van der Waals surface area contributed by atoms with Crippen LogP contribution in [0.25, 0.3) is 5.65 Å². The smallest absolute Gasteiger partial charge is 0.155 e. The Kier molecular flexibility index (Phi) is 1.96. The van der Waals surface area contributed by atoms with Gasteiger partial charge < -0.3 is 4.40 Å². The molecule has 68 valence electrons. The molecule has 0 N–H and O–H groups in total. The fourth-order valence-corrected chi connectivity index (χ4v) is 1.33. The van der Waals surface area contributed by atoms with E-state index in [1.807, 2.05) is 10.6 Å². The number of fused-ring (bicyclic) bond motifs is 1. The lowest BCUT2D eigenvalue weighted by atomic mass is 10.2. The number of halogens is 1. The number of imidazole rings is 1. The van der Waals surface area contributed by atoms with Crippen LogP contribution in [-0.2, 0) is 0 Å². The lowest BCUT2D eigenvalue weighted by Crippen LogP contribution is -1.84. The summed E-state index contributed by atoms with van der Waals surface area (Å²) in [5.41, 5.74) is 1.90. The van der Waals surface area contributed by atoms with Gasteiger partial charge in [-0.3, -0.25) is 0 Å². The number of rotatable bonds is 1. The molecule has 2 rings (SSSR count). The van der Waals surface area contributed by atoms with Crippen LogP contribution >= 0.6 is 11.6 Å². The number of aromatic nitrogens is 3. The zero-order chi connectivity index (χ0) is 9.42. The number of hydrogen-bond acceptors (Lipinski definition) is 2. The van der Waals surface area contributed by atoms with E-state index in [0.717, 1.165) is 11.3 Å². The van der Waals surface area contributed by atoms with E-state index in [9.17, 15) is 0 Å². The van der Waals surface area contributed by atoms with Crippen molar-refractivity contribution in [1.29, 1.82) is 0 Å². The second-order valence-corrected chi connectivity index (χ2v) is 3.68. The molecule has 2 heterocycles. The molecule has 0 saturated carbocycles. The second kappa shape index (κ2) is 3.00. The Bertz CT molecular complexity index is 433. The molecular formula is C9H10ClN3. The highest BCUT2D eigenvalue weighted by Crippen LogP contribution is 2.14. The van der Waals surface area contributed by atoms with Crippen molar-refractivity contribution in [2.24, 2.45) is 0 Å². The van der Waals surface area contributed by atoms with Crippen LogP contribution in [0.15, 0.2) is 18.6 Å². The van der Waals surface area contributed by atoms with Crippen LogP contribution < -0.4 is 0 Å². The minimum atomic E-state index is 0.429. The van der Waals surface area contributed by atoms with Crippen LogP contribution in [0.1, 0.15) is 25.5 Å². The fraction of sp³-hybridized carbons (Fsp3) is 0.333. The molecule has 0 unspecified atom stereocenters. The SMILES string of the molecule is CC(C)c1cn2cc(Cl)ncc2n1. The first-order valence-corrected chi connectivity index (χ1v) is 4.55. The van der Waals surface area contributed by atoms with Crippen LogP contribution in [-0.4, -0.2) is 14.4 Å². The maximum Gasteiger partial charge on any atom is 0.155 e. The van der Waals surface area contributed by atoms with Gasteiger partial charge in [0.05, 0.1) is 11.9 Å². The normalized spacial score (nSPS) is 11.4. The van der Waals surface area contributed by atoms with Gasteiger partial charge in [-0.05, 0) is 5.92 Å². The predicted molar refractivity (Wildman–Crippen MR) is 52.1 cm³/mol. The fourth-order valence-electron chi connectivity index (χ4n) is 1.17. The summed E-state index contributed by atoms with van der Waals surface area (Å²) in [6.45, 7) is 4.22. The third-order valence-electron chi connectivity index (χ3n) is 1.92. The highest BCUT2D eigenvalue weighted by molar-refractivity contribution is 6.29. The van der Waals surface area contributed by atoms with Gasteiger partial charge in [-0.25, -0.2) is 9.97 Å². The molecule has 13 heavy (non-hydrogen) atoms. The van der Waals surface area contributed by atoms with Gasteiger partial charge in [0.2, 0.25) is 0 Å². The van der Waals surface area contributed by atoms with Gasteiger partial charge in [-0.15, -0.1) is 0 Å². The van der Waals surface area contributed by atoms with Gasteiger partial charge in [0.25, 0.3) is 0 Å². The largest absolute Gasteiger partial charge is 0.302 e. The molecule has 0 spiro atoms. The molecule has 0 radical (unpaired) electrons. The Morgan fingerprint density at radius 1 is 1.38 bits per heavy atom. The van der Waals surface area contributed by atoms with Gasteiger partial charge >= 0.3 is 0 Å². The van der Waals surface area contributed by atoms with Gasteiger partial charge in [0.15, 0.2) is 5.65 Å².